The minimum Gasteiger partial charge on any atom is -0.378 e. The molecular formula is C86H126F6O3. The molecule has 0 aromatic heterocycles. The van der Waals surface area contributed by atoms with Gasteiger partial charge in [0.1, 0.15) is 34.9 Å². The highest BCUT2D eigenvalue weighted by Gasteiger charge is 2.16. The van der Waals surface area contributed by atoms with Gasteiger partial charge >= 0.3 is 0 Å². The van der Waals surface area contributed by atoms with Gasteiger partial charge in [-0.2, -0.15) is 0 Å². The van der Waals surface area contributed by atoms with Crippen molar-refractivity contribution in [1.82, 2.24) is 0 Å². The Morgan fingerprint density at radius 1 is 0.274 bits per heavy atom. The summed E-state index contributed by atoms with van der Waals surface area (Å²) in [6.45, 7) is 48.9. The lowest BCUT2D eigenvalue weighted by molar-refractivity contribution is -0.187. The van der Waals surface area contributed by atoms with Gasteiger partial charge in [0.25, 0.3) is 0 Å². The van der Waals surface area contributed by atoms with Crippen LogP contribution in [0.15, 0.2) is 126 Å². The average molecular weight is 1320 g/mol. The smallest absolute Gasteiger partial charge is 0.154 e. The molecule has 6 aromatic carbocycles. The van der Waals surface area contributed by atoms with E-state index in [1.807, 2.05) is 32.9 Å². The molecule has 3 nitrogen and oxygen atoms in total. The maximum Gasteiger partial charge on any atom is 0.154 e. The molecule has 0 amide bonds. The van der Waals surface area contributed by atoms with Crippen molar-refractivity contribution in [2.75, 3.05) is 19.8 Å². The molecule has 95 heavy (non-hydrogen) atoms. The zero-order valence-electron chi connectivity index (χ0n) is 63.2. The number of hydrogen-bond acceptors (Lipinski definition) is 3. The van der Waals surface area contributed by atoms with E-state index >= 15 is 0 Å². The van der Waals surface area contributed by atoms with Crippen LogP contribution in [0, 0.1) is 160 Å². The number of allylic oxidation sites excluding steroid dienone is 4. The number of aryl methyl sites for hydroxylation is 11. The van der Waals surface area contributed by atoms with E-state index < -0.39 is 23.3 Å². The molecule has 9 heteroatoms. The van der Waals surface area contributed by atoms with Crippen LogP contribution in [0.2, 0.25) is 0 Å². The molecule has 2 saturated heterocycles. The average Bonchev–Trinajstić information content (AvgIpc) is 1.20. The van der Waals surface area contributed by atoms with E-state index in [2.05, 4.69) is 152 Å². The van der Waals surface area contributed by atoms with Crippen LogP contribution in [0.4, 0.5) is 26.3 Å². The second kappa shape index (κ2) is 48.1. The molecule has 0 radical (unpaired) electrons. The molecule has 0 spiro atoms. The summed E-state index contributed by atoms with van der Waals surface area (Å²) in [5, 5.41) is 0. The molecule has 11 rings (SSSR count). The van der Waals surface area contributed by atoms with Gasteiger partial charge in [-0.15, -0.1) is 0 Å². The molecule has 3 fully saturated rings. The van der Waals surface area contributed by atoms with Crippen molar-refractivity contribution in [1.29, 1.82) is 0 Å². The van der Waals surface area contributed by atoms with E-state index in [1.165, 1.54) is 155 Å². The van der Waals surface area contributed by atoms with Crippen LogP contribution in [0.1, 0.15) is 219 Å². The normalized spacial score (nSPS) is 20.7. The van der Waals surface area contributed by atoms with Crippen molar-refractivity contribution in [3.8, 4) is 0 Å². The maximum atomic E-state index is 12.6. The van der Waals surface area contributed by atoms with Crippen molar-refractivity contribution in [3.05, 3.63) is 234 Å². The monoisotopic (exact) mass is 1320 g/mol. The predicted octanol–water partition coefficient (Wildman–Crippen LogP) is 26.1. The third-order valence-electron chi connectivity index (χ3n) is 17.5. The van der Waals surface area contributed by atoms with Gasteiger partial charge in [-0.3, -0.25) is 0 Å². The standard InChI is InChI=1S/C9H12.2C8H8F2.2C8H9F.C8H16.2C8H14.C8H10.C7H14O.C6H12O2/c1-7-4-5-8(2)9(3)6-7;2*1-5-3-7(9)6(2)8(10)4-5;2*1-6-3-4-7(2)8(9)5-6;4*1-7-3-5-8(2)6-4-7;1-6-3-4-7(2)8-5-6;1-5-3-7-6(2)8-4-5/h4-6H,1-3H3;2*3-4H,1-2H3;2*3-5H,1-2H3;7-8H,3-6H2,1-2H3;2*3,8H,4-6H2,1-2H3;3-6H,1-2H3;6-7H,3-5H2,1-2H3;5-6H,3-4H2,1-2H3. The Kier molecular flexibility index (Phi) is 44.1. The highest BCUT2D eigenvalue weighted by atomic mass is 19.2. The first-order valence-electron chi connectivity index (χ1n) is 35.1. The lowest BCUT2D eigenvalue weighted by Crippen LogP contribution is -2.27. The van der Waals surface area contributed by atoms with Crippen molar-refractivity contribution in [2.45, 2.75) is 249 Å². The van der Waals surface area contributed by atoms with Gasteiger partial charge in [-0.1, -0.05) is 174 Å². The van der Waals surface area contributed by atoms with Crippen LogP contribution in [0.3, 0.4) is 0 Å². The second-order valence-corrected chi connectivity index (χ2v) is 28.3. The molecule has 2 aliphatic heterocycles. The van der Waals surface area contributed by atoms with Gasteiger partial charge in [0.2, 0.25) is 0 Å². The Bertz CT molecular complexity index is 2770. The predicted molar refractivity (Wildman–Crippen MR) is 395 cm³/mol. The van der Waals surface area contributed by atoms with Crippen LogP contribution in [-0.4, -0.2) is 32.2 Å². The highest BCUT2D eigenvalue weighted by Crippen LogP contribution is 2.28. The minimum absolute atomic E-state index is 0.0196. The van der Waals surface area contributed by atoms with Gasteiger partial charge < -0.3 is 14.2 Å². The molecule has 530 valence electrons. The summed E-state index contributed by atoms with van der Waals surface area (Å²) in [6.07, 6.45) is 21.9. The first-order chi connectivity index (χ1) is 44.5. The summed E-state index contributed by atoms with van der Waals surface area (Å²) < 4.78 is 91.3. The van der Waals surface area contributed by atoms with Crippen LogP contribution in [-0.2, 0) is 14.2 Å². The number of ether oxygens (including phenoxy) is 3. The van der Waals surface area contributed by atoms with Crippen molar-refractivity contribution >= 4 is 0 Å². The third-order valence-corrected chi connectivity index (χ3v) is 17.5. The van der Waals surface area contributed by atoms with E-state index in [-0.39, 0.29) is 29.1 Å². The largest absolute Gasteiger partial charge is 0.378 e. The lowest BCUT2D eigenvalue weighted by Gasteiger charge is -2.24. The van der Waals surface area contributed by atoms with Crippen molar-refractivity contribution in [2.24, 2.45) is 35.5 Å². The van der Waals surface area contributed by atoms with E-state index in [4.69, 9.17) is 14.2 Å². The minimum atomic E-state index is -0.475. The van der Waals surface area contributed by atoms with E-state index in [1.54, 1.807) is 51.0 Å². The zero-order valence-corrected chi connectivity index (χ0v) is 63.2. The van der Waals surface area contributed by atoms with Crippen LogP contribution in [0.25, 0.3) is 0 Å². The number of rotatable bonds is 0. The zero-order chi connectivity index (χ0) is 71.9. The van der Waals surface area contributed by atoms with E-state index in [0.29, 0.717) is 34.3 Å². The fourth-order valence-electron chi connectivity index (χ4n) is 9.80. The quantitative estimate of drug-likeness (QED) is 0.112. The lowest BCUT2D eigenvalue weighted by atomic mass is 9.84. The van der Waals surface area contributed by atoms with Crippen molar-refractivity contribution < 1.29 is 40.6 Å². The van der Waals surface area contributed by atoms with Crippen LogP contribution < -0.4 is 0 Å². The molecule has 0 N–H and O–H groups in total. The maximum absolute atomic E-state index is 12.6. The molecular weight excluding hydrogens is 1190 g/mol. The molecule has 6 aromatic rings. The van der Waals surface area contributed by atoms with Crippen LogP contribution in [0.5, 0.6) is 0 Å². The molecule has 4 unspecified atom stereocenters. The third kappa shape index (κ3) is 41.9. The summed E-state index contributed by atoms with van der Waals surface area (Å²) in [6, 6.07) is 30.7. The summed E-state index contributed by atoms with van der Waals surface area (Å²) in [5.41, 5.74) is 14.7. The highest BCUT2D eigenvalue weighted by molar-refractivity contribution is 5.29. The molecule has 0 bridgehead atoms. The number of hydrogen-bond donors (Lipinski definition) is 0. The Balaban J connectivity index is 0.000000523. The Labute approximate surface area is 575 Å². The fraction of sp³-hybridized carbons (Fsp3) is 0.535. The topological polar surface area (TPSA) is 27.7 Å². The first kappa shape index (κ1) is 87.3. The van der Waals surface area contributed by atoms with Crippen molar-refractivity contribution in [3.63, 3.8) is 0 Å². The summed E-state index contributed by atoms with van der Waals surface area (Å²) >= 11 is 0. The van der Waals surface area contributed by atoms with E-state index in [9.17, 15) is 26.3 Å². The second-order valence-electron chi connectivity index (χ2n) is 28.3. The number of benzene rings is 6. The van der Waals surface area contributed by atoms with Gasteiger partial charge in [0.15, 0.2) is 6.29 Å². The summed E-state index contributed by atoms with van der Waals surface area (Å²) in [5.74, 6) is 3.17. The van der Waals surface area contributed by atoms with Gasteiger partial charge in [-0.25, -0.2) is 26.3 Å². The Hall–Kier alpha value is -5.74. The first-order valence-corrected chi connectivity index (χ1v) is 35.1. The summed E-state index contributed by atoms with van der Waals surface area (Å²) in [4.78, 5) is 0. The number of halogens is 6. The Morgan fingerprint density at radius 3 is 0.832 bits per heavy atom. The molecule has 1 saturated carbocycles. The Morgan fingerprint density at radius 2 is 0.579 bits per heavy atom. The SMILES string of the molecule is CC1=CCC(C)CC1.CC1=CCC(C)CC1.CC1CCC(C)CC1.CC1CCC(C)OC1.CC1COC(C)OC1.Cc1cc(F)c(C)c(F)c1.Cc1cc(F)c(C)c(F)c1.Cc1ccc(C)c(C)c1.Cc1ccc(C)c(F)c1.Cc1ccc(C)c(F)c1.Cc1ccc(C)cc1. The van der Waals surface area contributed by atoms with Crippen LogP contribution >= 0.6 is 0 Å². The van der Waals surface area contributed by atoms with Gasteiger partial charge in [-0.05, 0) is 280 Å². The summed E-state index contributed by atoms with van der Waals surface area (Å²) in [7, 11) is 0. The van der Waals surface area contributed by atoms with Gasteiger partial charge in [0.05, 0.1) is 19.3 Å². The molecule has 4 atom stereocenters. The fourth-order valence-corrected chi connectivity index (χ4v) is 9.80. The van der Waals surface area contributed by atoms with Gasteiger partial charge in [0, 0.05) is 23.7 Å². The molecule has 2 heterocycles. The molecule has 5 aliphatic rings. The van der Waals surface area contributed by atoms with E-state index in [0.717, 1.165) is 60.5 Å². The molecule has 3 aliphatic carbocycles.